The van der Waals surface area contributed by atoms with Crippen LogP contribution in [0.3, 0.4) is 0 Å². The van der Waals surface area contributed by atoms with Crippen LogP contribution in [0.25, 0.3) is 10.9 Å². The molecule has 5 rings (SSSR count). The summed E-state index contributed by atoms with van der Waals surface area (Å²) in [6.45, 7) is 6.13. The Morgan fingerprint density at radius 3 is 2.00 bits per heavy atom. The van der Waals surface area contributed by atoms with E-state index in [9.17, 15) is 4.79 Å². The molecule has 0 saturated carbocycles. The number of nitrogens with zero attached hydrogens (tertiary/aromatic N) is 2. The molecule has 1 N–H and O–H groups in total. The highest BCUT2D eigenvalue weighted by molar-refractivity contribution is 6.10. The molecule has 2 heterocycles. The SMILES string of the molecule is Cc1[nH]c2ccccc2c1C(=O)CN1CCN(C(c2ccccc2)c2ccccc2)CC1. The number of para-hydroxylation sites is 1. The van der Waals surface area contributed by atoms with E-state index in [4.69, 9.17) is 0 Å². The summed E-state index contributed by atoms with van der Waals surface area (Å²) in [5, 5.41) is 1.03. The van der Waals surface area contributed by atoms with E-state index in [-0.39, 0.29) is 11.8 Å². The van der Waals surface area contributed by atoms with E-state index in [0.29, 0.717) is 6.54 Å². The lowest BCUT2D eigenvalue weighted by molar-refractivity contribution is 0.0809. The van der Waals surface area contributed by atoms with Crippen LogP contribution in [0.1, 0.15) is 33.2 Å². The largest absolute Gasteiger partial charge is 0.358 e. The van der Waals surface area contributed by atoms with E-state index in [2.05, 4.69) is 75.4 Å². The Kier molecular flexibility index (Phi) is 5.89. The van der Waals surface area contributed by atoms with Gasteiger partial charge in [0.25, 0.3) is 0 Å². The molecule has 0 bridgehead atoms. The molecule has 1 aliphatic heterocycles. The van der Waals surface area contributed by atoms with Crippen molar-refractivity contribution in [1.82, 2.24) is 14.8 Å². The molecule has 0 amide bonds. The van der Waals surface area contributed by atoms with Crippen LogP contribution < -0.4 is 0 Å². The lowest BCUT2D eigenvalue weighted by atomic mass is 9.96. The number of carbonyl (C=O) groups excluding carboxylic acids is 1. The van der Waals surface area contributed by atoms with Crippen LogP contribution in [-0.4, -0.2) is 53.3 Å². The number of aryl methyl sites for hydroxylation is 1. The fraction of sp³-hybridized carbons (Fsp3) is 0.250. The average molecular weight is 424 g/mol. The number of ketones is 1. The molecular weight excluding hydrogens is 394 g/mol. The number of nitrogens with one attached hydrogen (secondary N) is 1. The fourth-order valence-corrected chi connectivity index (χ4v) is 4.98. The molecule has 0 unspecified atom stereocenters. The number of hydrogen-bond donors (Lipinski definition) is 1. The Morgan fingerprint density at radius 1 is 0.812 bits per heavy atom. The molecule has 4 heteroatoms. The van der Waals surface area contributed by atoms with Gasteiger partial charge in [0, 0.05) is 48.3 Å². The minimum atomic E-state index is 0.205. The summed E-state index contributed by atoms with van der Waals surface area (Å²) in [6.07, 6.45) is 0. The third-order valence-electron chi connectivity index (χ3n) is 6.54. The van der Waals surface area contributed by atoms with Crippen LogP contribution in [0.2, 0.25) is 0 Å². The van der Waals surface area contributed by atoms with Crippen molar-refractivity contribution in [3.8, 4) is 0 Å². The summed E-state index contributed by atoms with van der Waals surface area (Å²) >= 11 is 0. The Balaban J connectivity index is 1.30. The van der Waals surface area contributed by atoms with Crippen LogP contribution in [0.4, 0.5) is 0 Å². The molecule has 1 aromatic heterocycles. The standard InChI is InChI=1S/C28H29N3O/c1-21-27(24-14-8-9-15-25(24)29-21)26(32)20-30-16-18-31(19-17-30)28(22-10-4-2-5-11-22)23-12-6-3-7-13-23/h2-15,28-29H,16-20H2,1H3. The topological polar surface area (TPSA) is 39.3 Å². The zero-order chi connectivity index (χ0) is 21.9. The van der Waals surface area contributed by atoms with Gasteiger partial charge in [-0.15, -0.1) is 0 Å². The van der Waals surface area contributed by atoms with Gasteiger partial charge in [-0.05, 0) is 24.1 Å². The summed E-state index contributed by atoms with van der Waals surface area (Å²) in [6, 6.07) is 29.8. The second-order valence-corrected chi connectivity index (χ2v) is 8.63. The minimum absolute atomic E-state index is 0.205. The van der Waals surface area contributed by atoms with Crippen LogP contribution in [0.5, 0.6) is 0 Å². The van der Waals surface area contributed by atoms with Crippen LogP contribution in [0, 0.1) is 6.92 Å². The minimum Gasteiger partial charge on any atom is -0.358 e. The third kappa shape index (κ3) is 4.12. The zero-order valence-corrected chi connectivity index (χ0v) is 18.5. The maximum atomic E-state index is 13.2. The predicted octanol–water partition coefficient (Wildman–Crippen LogP) is 5.07. The number of carbonyl (C=O) groups is 1. The molecule has 0 radical (unpaired) electrons. The van der Waals surface area contributed by atoms with Gasteiger partial charge in [-0.25, -0.2) is 0 Å². The van der Waals surface area contributed by atoms with E-state index >= 15 is 0 Å². The van der Waals surface area contributed by atoms with E-state index in [1.165, 1.54) is 11.1 Å². The zero-order valence-electron chi connectivity index (χ0n) is 18.5. The first kappa shape index (κ1) is 20.7. The Bertz CT molecular complexity index is 1150. The third-order valence-corrected chi connectivity index (χ3v) is 6.54. The average Bonchev–Trinajstić information content (AvgIpc) is 3.17. The van der Waals surface area contributed by atoms with E-state index < -0.39 is 0 Å². The van der Waals surface area contributed by atoms with Crippen molar-refractivity contribution >= 4 is 16.7 Å². The van der Waals surface area contributed by atoms with Crippen molar-refractivity contribution in [2.45, 2.75) is 13.0 Å². The fourth-order valence-electron chi connectivity index (χ4n) is 4.98. The van der Waals surface area contributed by atoms with Crippen LogP contribution in [-0.2, 0) is 0 Å². The molecule has 1 aliphatic rings. The van der Waals surface area contributed by atoms with Crippen molar-refractivity contribution < 1.29 is 4.79 Å². The maximum absolute atomic E-state index is 13.2. The smallest absolute Gasteiger partial charge is 0.179 e. The molecule has 3 aromatic carbocycles. The summed E-state index contributed by atoms with van der Waals surface area (Å²) < 4.78 is 0. The van der Waals surface area contributed by atoms with Crippen molar-refractivity contribution in [1.29, 1.82) is 0 Å². The van der Waals surface area contributed by atoms with Gasteiger partial charge in [0.1, 0.15) is 0 Å². The molecule has 162 valence electrons. The van der Waals surface area contributed by atoms with Crippen molar-refractivity contribution in [3.63, 3.8) is 0 Å². The number of H-pyrrole nitrogens is 1. The molecule has 1 saturated heterocycles. The Labute approximate surface area is 189 Å². The van der Waals surface area contributed by atoms with Gasteiger partial charge in [0.15, 0.2) is 5.78 Å². The molecule has 0 spiro atoms. The van der Waals surface area contributed by atoms with Gasteiger partial charge in [0.05, 0.1) is 12.6 Å². The number of fused-ring (bicyclic) bond motifs is 1. The van der Waals surface area contributed by atoms with Gasteiger partial charge in [-0.3, -0.25) is 14.6 Å². The number of Topliss-reactive ketones (excluding diaryl/α,β-unsaturated/α-hetero) is 1. The monoisotopic (exact) mass is 423 g/mol. The van der Waals surface area contributed by atoms with Crippen molar-refractivity contribution in [3.05, 3.63) is 107 Å². The van der Waals surface area contributed by atoms with E-state index in [1.54, 1.807) is 0 Å². The summed E-state index contributed by atoms with van der Waals surface area (Å²) in [7, 11) is 0. The molecular formula is C28H29N3O. The number of benzene rings is 3. The molecule has 0 atom stereocenters. The second kappa shape index (κ2) is 9.11. The first-order valence-corrected chi connectivity index (χ1v) is 11.4. The number of hydrogen-bond acceptors (Lipinski definition) is 3. The van der Waals surface area contributed by atoms with E-state index in [0.717, 1.165) is 48.3 Å². The molecule has 1 fully saturated rings. The number of rotatable bonds is 6. The highest BCUT2D eigenvalue weighted by Crippen LogP contribution is 2.29. The van der Waals surface area contributed by atoms with Gasteiger partial charge >= 0.3 is 0 Å². The molecule has 0 aliphatic carbocycles. The van der Waals surface area contributed by atoms with Gasteiger partial charge < -0.3 is 4.98 Å². The van der Waals surface area contributed by atoms with E-state index in [1.807, 2.05) is 31.2 Å². The van der Waals surface area contributed by atoms with Gasteiger partial charge in [-0.2, -0.15) is 0 Å². The summed E-state index contributed by atoms with van der Waals surface area (Å²) in [4.78, 5) is 21.4. The Hall–Kier alpha value is -3.21. The lowest BCUT2D eigenvalue weighted by Gasteiger charge is -2.39. The van der Waals surface area contributed by atoms with Crippen molar-refractivity contribution in [2.24, 2.45) is 0 Å². The second-order valence-electron chi connectivity index (χ2n) is 8.63. The first-order valence-electron chi connectivity index (χ1n) is 11.4. The molecule has 4 nitrogen and oxygen atoms in total. The first-order chi connectivity index (χ1) is 15.7. The van der Waals surface area contributed by atoms with Crippen LogP contribution >= 0.6 is 0 Å². The highest BCUT2D eigenvalue weighted by Gasteiger charge is 2.27. The lowest BCUT2D eigenvalue weighted by Crippen LogP contribution is -2.49. The Morgan fingerprint density at radius 2 is 1.38 bits per heavy atom. The maximum Gasteiger partial charge on any atom is 0.179 e. The quantitative estimate of drug-likeness (QED) is 0.440. The predicted molar refractivity (Wildman–Crippen MR) is 130 cm³/mol. The van der Waals surface area contributed by atoms with Gasteiger partial charge in [0.2, 0.25) is 0 Å². The summed E-state index contributed by atoms with van der Waals surface area (Å²) in [5.41, 5.74) is 5.47. The normalized spacial score (nSPS) is 15.4. The highest BCUT2D eigenvalue weighted by atomic mass is 16.1. The number of aromatic amines is 1. The number of piperazine rings is 1. The molecule has 32 heavy (non-hydrogen) atoms. The van der Waals surface area contributed by atoms with Crippen molar-refractivity contribution in [2.75, 3.05) is 32.7 Å². The summed E-state index contributed by atoms with van der Waals surface area (Å²) in [5.74, 6) is 0.205. The number of aromatic nitrogens is 1. The molecule has 4 aromatic rings. The van der Waals surface area contributed by atoms with Gasteiger partial charge in [-0.1, -0.05) is 78.9 Å². The van der Waals surface area contributed by atoms with Crippen LogP contribution in [0.15, 0.2) is 84.9 Å².